The van der Waals surface area contributed by atoms with E-state index in [-0.39, 0.29) is 6.61 Å². The fourth-order valence-electron chi connectivity index (χ4n) is 2.29. The summed E-state index contributed by atoms with van der Waals surface area (Å²) < 4.78 is 5.66. The number of nitrogens with two attached hydrogens (primary N) is 1. The van der Waals surface area contributed by atoms with Crippen molar-refractivity contribution in [1.29, 1.82) is 0 Å². The number of benzene rings is 1. The molecule has 4 heteroatoms. The molecule has 118 valence electrons. The first-order chi connectivity index (χ1) is 10.0. The highest BCUT2D eigenvalue weighted by Crippen LogP contribution is 2.20. The summed E-state index contributed by atoms with van der Waals surface area (Å²) in [5.41, 5.74) is 5.15. The first-order valence-electron chi connectivity index (χ1n) is 7.70. The number of ether oxygens (including phenoxy) is 1. The molecule has 0 fully saturated rings. The number of carboxylic acids is 1. The second kappa shape index (κ2) is 8.80. The van der Waals surface area contributed by atoms with Crippen LogP contribution in [0.1, 0.15) is 45.1 Å². The van der Waals surface area contributed by atoms with Crippen LogP contribution >= 0.6 is 0 Å². The highest BCUT2D eigenvalue weighted by Gasteiger charge is 2.36. The van der Waals surface area contributed by atoms with Crippen molar-refractivity contribution in [2.45, 2.75) is 45.1 Å². The van der Waals surface area contributed by atoms with Gasteiger partial charge in [0.15, 0.2) is 5.54 Å². The summed E-state index contributed by atoms with van der Waals surface area (Å²) in [5, 5.41) is 9.44. The van der Waals surface area contributed by atoms with Crippen LogP contribution in [0.3, 0.4) is 0 Å². The molecule has 4 nitrogen and oxygen atoms in total. The third-order valence-electron chi connectivity index (χ3n) is 3.90. The topological polar surface area (TPSA) is 72.5 Å². The number of rotatable bonds is 10. The monoisotopic (exact) mass is 293 g/mol. The number of hydrogen-bond acceptors (Lipinski definition) is 3. The number of hydrogen-bond donors (Lipinski definition) is 2. The van der Waals surface area contributed by atoms with E-state index < -0.39 is 11.5 Å². The van der Waals surface area contributed by atoms with Crippen molar-refractivity contribution in [3.05, 3.63) is 35.9 Å². The molecule has 0 aliphatic heterocycles. The van der Waals surface area contributed by atoms with Crippen LogP contribution in [0.15, 0.2) is 30.3 Å². The summed E-state index contributed by atoms with van der Waals surface area (Å²) in [7, 11) is 0. The lowest BCUT2D eigenvalue weighted by molar-refractivity contribution is -0.146. The molecule has 0 amide bonds. The fourth-order valence-corrected chi connectivity index (χ4v) is 2.29. The number of unbranched alkanes of at least 4 members (excludes halogenated alkanes) is 1. The zero-order chi connectivity index (χ0) is 15.7. The van der Waals surface area contributed by atoms with Gasteiger partial charge >= 0.3 is 5.97 Å². The SMILES string of the molecule is CCCCC(CC)COCC(N)(C(=O)O)c1ccccc1. The van der Waals surface area contributed by atoms with Crippen LogP contribution in [0.25, 0.3) is 0 Å². The molecule has 0 heterocycles. The molecule has 3 N–H and O–H groups in total. The van der Waals surface area contributed by atoms with Crippen molar-refractivity contribution in [2.24, 2.45) is 11.7 Å². The lowest BCUT2D eigenvalue weighted by Crippen LogP contribution is -2.49. The van der Waals surface area contributed by atoms with Gasteiger partial charge < -0.3 is 15.6 Å². The van der Waals surface area contributed by atoms with Gasteiger partial charge in [0, 0.05) is 6.61 Å². The molecule has 2 atom stereocenters. The lowest BCUT2D eigenvalue weighted by Gasteiger charge is -2.26. The van der Waals surface area contributed by atoms with E-state index in [4.69, 9.17) is 10.5 Å². The van der Waals surface area contributed by atoms with E-state index in [0.29, 0.717) is 18.1 Å². The van der Waals surface area contributed by atoms with Crippen LogP contribution in [0.4, 0.5) is 0 Å². The first-order valence-corrected chi connectivity index (χ1v) is 7.70. The summed E-state index contributed by atoms with van der Waals surface area (Å²) in [4.78, 5) is 11.5. The van der Waals surface area contributed by atoms with Crippen molar-refractivity contribution >= 4 is 5.97 Å². The predicted octanol–water partition coefficient (Wildman–Crippen LogP) is 3.16. The largest absolute Gasteiger partial charge is 0.480 e. The third kappa shape index (κ3) is 5.14. The Balaban J connectivity index is 2.62. The Hall–Kier alpha value is -1.39. The third-order valence-corrected chi connectivity index (χ3v) is 3.90. The van der Waals surface area contributed by atoms with Gasteiger partial charge in [-0.1, -0.05) is 63.4 Å². The minimum Gasteiger partial charge on any atom is -0.480 e. The Kier molecular flexibility index (Phi) is 7.40. The van der Waals surface area contributed by atoms with E-state index in [9.17, 15) is 9.90 Å². The fraction of sp³-hybridized carbons (Fsp3) is 0.588. The van der Waals surface area contributed by atoms with Crippen molar-refractivity contribution in [3.8, 4) is 0 Å². The average Bonchev–Trinajstić information content (AvgIpc) is 2.51. The van der Waals surface area contributed by atoms with Gasteiger partial charge in [0.2, 0.25) is 0 Å². The average molecular weight is 293 g/mol. The summed E-state index contributed by atoms with van der Waals surface area (Å²) >= 11 is 0. The Bertz CT molecular complexity index is 421. The first kappa shape index (κ1) is 17.7. The molecule has 0 saturated heterocycles. The molecule has 21 heavy (non-hydrogen) atoms. The van der Waals surface area contributed by atoms with Gasteiger partial charge in [0.05, 0.1) is 6.61 Å². The normalized spacial score (nSPS) is 15.4. The molecule has 0 aliphatic rings. The van der Waals surface area contributed by atoms with E-state index in [1.165, 1.54) is 6.42 Å². The van der Waals surface area contributed by atoms with Crippen molar-refractivity contribution in [2.75, 3.05) is 13.2 Å². The predicted molar refractivity (Wildman–Crippen MR) is 84.1 cm³/mol. The zero-order valence-electron chi connectivity index (χ0n) is 13.0. The highest BCUT2D eigenvalue weighted by atomic mass is 16.5. The van der Waals surface area contributed by atoms with Gasteiger partial charge in [-0.25, -0.2) is 4.79 Å². The van der Waals surface area contributed by atoms with Crippen molar-refractivity contribution in [1.82, 2.24) is 0 Å². The van der Waals surface area contributed by atoms with E-state index >= 15 is 0 Å². The van der Waals surface area contributed by atoms with Gasteiger partial charge in [-0.15, -0.1) is 0 Å². The van der Waals surface area contributed by atoms with E-state index in [1.54, 1.807) is 24.3 Å². The Morgan fingerprint density at radius 2 is 2.00 bits per heavy atom. The molecule has 0 radical (unpaired) electrons. The maximum Gasteiger partial charge on any atom is 0.330 e. The molecular formula is C17H27NO3. The Morgan fingerprint density at radius 3 is 2.52 bits per heavy atom. The molecule has 2 unspecified atom stereocenters. The summed E-state index contributed by atoms with van der Waals surface area (Å²) in [6.45, 7) is 4.86. The quantitative estimate of drug-likeness (QED) is 0.695. The minimum atomic E-state index is -1.48. The summed E-state index contributed by atoms with van der Waals surface area (Å²) in [5.74, 6) is -0.589. The number of carboxylic acid groups (broad SMARTS) is 1. The molecule has 1 rings (SSSR count). The molecule has 0 bridgehead atoms. The summed E-state index contributed by atoms with van der Waals surface area (Å²) in [6, 6.07) is 8.87. The molecular weight excluding hydrogens is 266 g/mol. The minimum absolute atomic E-state index is 0.00499. The van der Waals surface area contributed by atoms with Gasteiger partial charge in [-0.3, -0.25) is 0 Å². The van der Waals surface area contributed by atoms with E-state index in [2.05, 4.69) is 13.8 Å². The van der Waals surface area contributed by atoms with Crippen LogP contribution in [0, 0.1) is 5.92 Å². The second-order valence-corrected chi connectivity index (χ2v) is 5.57. The molecule has 1 aromatic rings. The second-order valence-electron chi connectivity index (χ2n) is 5.57. The molecule has 1 aromatic carbocycles. The van der Waals surface area contributed by atoms with Gasteiger partial charge in [0.25, 0.3) is 0 Å². The maximum absolute atomic E-state index is 11.5. The Labute approximate surface area is 127 Å². The van der Waals surface area contributed by atoms with Crippen LogP contribution in [-0.2, 0) is 15.1 Å². The van der Waals surface area contributed by atoms with Gasteiger partial charge in [0.1, 0.15) is 0 Å². The van der Waals surface area contributed by atoms with Crippen molar-refractivity contribution < 1.29 is 14.6 Å². The number of carbonyl (C=O) groups is 1. The van der Waals surface area contributed by atoms with Gasteiger partial charge in [-0.05, 0) is 17.9 Å². The zero-order valence-corrected chi connectivity index (χ0v) is 13.0. The smallest absolute Gasteiger partial charge is 0.330 e. The number of aliphatic carboxylic acids is 1. The van der Waals surface area contributed by atoms with Crippen LogP contribution in [-0.4, -0.2) is 24.3 Å². The Morgan fingerprint density at radius 1 is 1.33 bits per heavy atom. The molecule has 0 saturated carbocycles. The highest BCUT2D eigenvalue weighted by molar-refractivity contribution is 5.80. The van der Waals surface area contributed by atoms with Crippen LogP contribution in [0.2, 0.25) is 0 Å². The van der Waals surface area contributed by atoms with Crippen LogP contribution in [0.5, 0.6) is 0 Å². The van der Waals surface area contributed by atoms with Crippen molar-refractivity contribution in [3.63, 3.8) is 0 Å². The van der Waals surface area contributed by atoms with Gasteiger partial charge in [-0.2, -0.15) is 0 Å². The lowest BCUT2D eigenvalue weighted by atomic mass is 9.92. The van der Waals surface area contributed by atoms with E-state index in [0.717, 1.165) is 19.3 Å². The van der Waals surface area contributed by atoms with Crippen LogP contribution < -0.4 is 5.73 Å². The standard InChI is InChI=1S/C17H27NO3/c1-3-5-9-14(4-2)12-21-13-17(18,16(19)20)15-10-7-6-8-11-15/h6-8,10-11,14H,3-5,9,12-13,18H2,1-2H3,(H,19,20). The molecule has 0 aromatic heterocycles. The van der Waals surface area contributed by atoms with E-state index in [1.807, 2.05) is 6.07 Å². The molecule has 0 aliphatic carbocycles. The maximum atomic E-state index is 11.5. The summed E-state index contributed by atoms with van der Waals surface area (Å²) in [6.07, 6.45) is 4.49. The molecule has 0 spiro atoms.